The molecule has 8 heteroatoms. The summed E-state index contributed by atoms with van der Waals surface area (Å²) in [5.74, 6) is 0.862. The van der Waals surface area contributed by atoms with Gasteiger partial charge in [-0.25, -0.2) is 19.4 Å². The van der Waals surface area contributed by atoms with Gasteiger partial charge in [0.05, 0.1) is 30.5 Å². The van der Waals surface area contributed by atoms with Crippen molar-refractivity contribution in [3.8, 4) is 11.9 Å². The Balaban J connectivity index is 1.24. The van der Waals surface area contributed by atoms with Crippen LogP contribution >= 0.6 is 0 Å². The second kappa shape index (κ2) is 7.41. The summed E-state index contributed by atoms with van der Waals surface area (Å²) in [5, 5.41) is 14.7. The Bertz CT molecular complexity index is 1090. The number of benzene rings is 1. The van der Waals surface area contributed by atoms with Crippen LogP contribution in [0.1, 0.15) is 48.5 Å². The van der Waals surface area contributed by atoms with Gasteiger partial charge in [-0.05, 0) is 55.2 Å². The highest BCUT2D eigenvalue weighted by molar-refractivity contribution is 5.86. The van der Waals surface area contributed by atoms with Crippen molar-refractivity contribution in [2.45, 2.75) is 38.6 Å². The molecule has 2 bridgehead atoms. The predicted molar refractivity (Wildman–Crippen MR) is 109 cm³/mol. The molecule has 1 amide bonds. The Kier molecular flexibility index (Phi) is 4.69. The molecule has 2 aromatic rings. The Morgan fingerprint density at radius 3 is 2.87 bits per heavy atom. The van der Waals surface area contributed by atoms with Gasteiger partial charge in [0.1, 0.15) is 11.9 Å². The number of rotatable bonds is 5. The molecule has 3 aliphatic carbocycles. The number of amides is 1. The van der Waals surface area contributed by atoms with Crippen molar-refractivity contribution in [3.63, 3.8) is 0 Å². The zero-order chi connectivity index (χ0) is 21.6. The average Bonchev–Trinajstić information content (AvgIpc) is 3.47. The van der Waals surface area contributed by atoms with Crippen molar-refractivity contribution in [3.05, 3.63) is 53.2 Å². The van der Waals surface area contributed by atoms with Crippen LogP contribution in [0, 0.1) is 41.3 Å². The third-order valence-electron chi connectivity index (χ3n) is 6.89. The molecule has 0 saturated heterocycles. The Hall–Kier alpha value is -3.34. The number of aryl methyl sites for hydroxylation is 1. The van der Waals surface area contributed by atoms with Crippen molar-refractivity contribution >= 4 is 12.1 Å². The minimum Gasteiger partial charge on any atom is -0.476 e. The maximum Gasteiger partial charge on any atom is 0.249 e. The summed E-state index contributed by atoms with van der Waals surface area (Å²) < 4.78 is 19.9. The van der Waals surface area contributed by atoms with Gasteiger partial charge in [0.15, 0.2) is 5.69 Å². The zero-order valence-corrected chi connectivity index (χ0v) is 17.2. The second-order valence-electron chi connectivity index (χ2n) is 8.78. The Morgan fingerprint density at radius 1 is 1.32 bits per heavy atom. The lowest BCUT2D eigenvalue weighted by Crippen LogP contribution is -2.44. The van der Waals surface area contributed by atoms with E-state index in [0.29, 0.717) is 30.4 Å². The standard InChI is InChI=1S/C23H22FN5O2/c1-14-2-3-15(6-19(14)24)20-4-5-28-29(20)22(30)23-7-16(8-23)17(9-23)13-31-21-12-26-18(10-25)11-27-21/h2-3,5-6,11-12,16-17,20H,4,7-9,13H2,1H3/t16?,17-,20?,23?/m0/s1. The van der Waals surface area contributed by atoms with Crippen LogP contribution in [0.15, 0.2) is 35.7 Å². The van der Waals surface area contributed by atoms with Crippen molar-refractivity contribution in [2.75, 3.05) is 6.61 Å². The van der Waals surface area contributed by atoms with E-state index in [-0.39, 0.29) is 29.4 Å². The smallest absolute Gasteiger partial charge is 0.249 e. The first-order valence-corrected chi connectivity index (χ1v) is 10.5. The molecule has 2 heterocycles. The molecule has 1 aromatic heterocycles. The molecule has 4 aliphatic rings. The number of halogens is 1. The van der Waals surface area contributed by atoms with E-state index >= 15 is 0 Å². The van der Waals surface area contributed by atoms with Crippen LogP contribution in [0.25, 0.3) is 0 Å². The van der Waals surface area contributed by atoms with Gasteiger partial charge in [0, 0.05) is 12.6 Å². The third kappa shape index (κ3) is 3.34. The summed E-state index contributed by atoms with van der Waals surface area (Å²) >= 11 is 0. The number of nitriles is 1. The molecule has 1 aliphatic heterocycles. The third-order valence-corrected chi connectivity index (χ3v) is 6.89. The number of nitrogens with zero attached hydrogens (tertiary/aromatic N) is 5. The highest BCUT2D eigenvalue weighted by Gasteiger charge is 2.62. The summed E-state index contributed by atoms with van der Waals surface area (Å²) in [6, 6.07) is 6.82. The van der Waals surface area contributed by atoms with Crippen molar-refractivity contribution in [1.29, 1.82) is 5.26 Å². The number of aromatic nitrogens is 2. The summed E-state index contributed by atoms with van der Waals surface area (Å²) in [6.07, 6.45) is 7.59. The predicted octanol–water partition coefficient (Wildman–Crippen LogP) is 3.55. The van der Waals surface area contributed by atoms with Gasteiger partial charge in [-0.3, -0.25) is 4.79 Å². The van der Waals surface area contributed by atoms with E-state index in [1.807, 2.05) is 12.1 Å². The van der Waals surface area contributed by atoms with E-state index in [1.165, 1.54) is 18.5 Å². The van der Waals surface area contributed by atoms with Crippen molar-refractivity contribution in [2.24, 2.45) is 22.4 Å². The van der Waals surface area contributed by atoms with Gasteiger partial charge < -0.3 is 4.74 Å². The maximum absolute atomic E-state index is 14.1. The quantitative estimate of drug-likeness (QED) is 0.739. The molecule has 7 nitrogen and oxygen atoms in total. The minimum atomic E-state index is -0.405. The van der Waals surface area contributed by atoms with Crippen LogP contribution in [0.2, 0.25) is 0 Å². The van der Waals surface area contributed by atoms with Gasteiger partial charge in [-0.15, -0.1) is 0 Å². The van der Waals surface area contributed by atoms with Gasteiger partial charge in [-0.1, -0.05) is 12.1 Å². The topological polar surface area (TPSA) is 91.5 Å². The molecule has 6 rings (SSSR count). The molecule has 158 valence electrons. The number of carbonyl (C=O) groups excluding carboxylic acids is 1. The van der Waals surface area contributed by atoms with Crippen LogP contribution in [-0.4, -0.2) is 33.7 Å². The largest absolute Gasteiger partial charge is 0.476 e. The second-order valence-corrected chi connectivity index (χ2v) is 8.78. The van der Waals surface area contributed by atoms with E-state index in [0.717, 1.165) is 24.8 Å². The van der Waals surface area contributed by atoms with Crippen molar-refractivity contribution < 1.29 is 13.9 Å². The number of hydrogen-bond acceptors (Lipinski definition) is 6. The van der Waals surface area contributed by atoms with E-state index in [2.05, 4.69) is 15.1 Å². The lowest BCUT2D eigenvalue weighted by atomic mass is 9.68. The fourth-order valence-corrected chi connectivity index (χ4v) is 5.16. The summed E-state index contributed by atoms with van der Waals surface area (Å²) in [7, 11) is 0. The molecule has 0 spiro atoms. The molecule has 1 unspecified atom stereocenters. The molecule has 1 aromatic carbocycles. The first-order chi connectivity index (χ1) is 15.0. The zero-order valence-electron chi connectivity index (χ0n) is 17.2. The van der Waals surface area contributed by atoms with Crippen LogP contribution in [0.5, 0.6) is 5.88 Å². The van der Waals surface area contributed by atoms with E-state index in [4.69, 9.17) is 10.00 Å². The first kappa shape index (κ1) is 19.6. The molecular weight excluding hydrogens is 397 g/mol. The van der Waals surface area contributed by atoms with Gasteiger partial charge >= 0.3 is 0 Å². The van der Waals surface area contributed by atoms with Crippen LogP contribution in [0.4, 0.5) is 4.39 Å². The average molecular weight is 419 g/mol. The van der Waals surface area contributed by atoms with Gasteiger partial charge in [0.25, 0.3) is 0 Å². The summed E-state index contributed by atoms with van der Waals surface area (Å²) in [6.45, 7) is 2.20. The van der Waals surface area contributed by atoms with Crippen LogP contribution in [-0.2, 0) is 4.79 Å². The SMILES string of the molecule is Cc1ccc(C2CC=NN2C(=O)C23CC(C2)[C@H](COc2cnc(C#N)cn2)C3)cc1F. The number of fused-ring (bicyclic) bond motifs is 1. The monoisotopic (exact) mass is 419 g/mol. The molecule has 3 fully saturated rings. The van der Waals surface area contributed by atoms with E-state index in [1.54, 1.807) is 24.2 Å². The molecule has 3 saturated carbocycles. The van der Waals surface area contributed by atoms with Crippen LogP contribution in [0.3, 0.4) is 0 Å². The highest BCUT2D eigenvalue weighted by atomic mass is 19.1. The lowest BCUT2D eigenvalue weighted by Gasteiger charge is -2.40. The Labute approximate surface area is 179 Å². The number of carbonyl (C=O) groups is 1. The molecule has 0 radical (unpaired) electrons. The normalized spacial score (nSPS) is 28.3. The molecular formula is C23H22FN5O2. The van der Waals surface area contributed by atoms with Gasteiger partial charge in [-0.2, -0.15) is 10.4 Å². The lowest BCUT2D eigenvalue weighted by molar-refractivity contribution is -0.148. The number of hydrazone groups is 1. The van der Waals surface area contributed by atoms with Crippen LogP contribution < -0.4 is 4.74 Å². The molecule has 0 N–H and O–H groups in total. The van der Waals surface area contributed by atoms with Crippen molar-refractivity contribution in [1.82, 2.24) is 15.0 Å². The number of ether oxygens (including phenoxy) is 1. The maximum atomic E-state index is 14.1. The van der Waals surface area contributed by atoms with E-state index in [9.17, 15) is 9.18 Å². The van der Waals surface area contributed by atoms with E-state index < -0.39 is 5.41 Å². The minimum absolute atomic E-state index is 0.0316. The first-order valence-electron chi connectivity index (χ1n) is 10.5. The van der Waals surface area contributed by atoms with Gasteiger partial charge in [0.2, 0.25) is 11.8 Å². The fraction of sp³-hybridized carbons (Fsp3) is 0.435. The Morgan fingerprint density at radius 2 is 2.16 bits per heavy atom. The fourth-order valence-electron chi connectivity index (χ4n) is 5.16. The highest BCUT2D eigenvalue weighted by Crippen LogP contribution is 2.63. The molecule has 31 heavy (non-hydrogen) atoms. The summed E-state index contributed by atoms with van der Waals surface area (Å²) in [5.41, 5.74) is 1.21. The summed E-state index contributed by atoms with van der Waals surface area (Å²) in [4.78, 5) is 21.5. The molecule has 2 atom stereocenters. The number of hydrogen-bond donors (Lipinski definition) is 0.